The minimum absolute atomic E-state index is 0.318. The van der Waals surface area contributed by atoms with Crippen molar-refractivity contribution < 1.29 is 0 Å². The molecule has 0 amide bonds. The van der Waals surface area contributed by atoms with Gasteiger partial charge in [0, 0.05) is 26.0 Å². The van der Waals surface area contributed by atoms with Crippen LogP contribution in [0.2, 0.25) is 0 Å². The Balaban J connectivity index is 2.24. The number of hydrogen-bond donors (Lipinski definition) is 1. The third-order valence-electron chi connectivity index (χ3n) is 2.47. The van der Waals surface area contributed by atoms with Gasteiger partial charge in [-0.05, 0) is 17.7 Å². The summed E-state index contributed by atoms with van der Waals surface area (Å²) in [4.78, 5) is 6.34. The van der Waals surface area contributed by atoms with Crippen LogP contribution >= 0.6 is 12.2 Å². The summed E-state index contributed by atoms with van der Waals surface area (Å²) in [6.45, 7) is 0.669. The van der Waals surface area contributed by atoms with Crippen molar-refractivity contribution in [2.75, 3.05) is 11.9 Å². The first-order chi connectivity index (χ1) is 8.68. The van der Waals surface area contributed by atoms with Crippen LogP contribution in [0.25, 0.3) is 0 Å². The smallest absolute Gasteiger partial charge is 0.161 e. The maximum atomic E-state index is 5.67. The van der Waals surface area contributed by atoms with Gasteiger partial charge < -0.3 is 10.6 Å². The number of anilines is 1. The van der Waals surface area contributed by atoms with E-state index in [-0.39, 0.29) is 0 Å². The molecule has 92 valence electrons. The van der Waals surface area contributed by atoms with Crippen LogP contribution in [0.4, 0.5) is 5.82 Å². The van der Waals surface area contributed by atoms with E-state index in [0.717, 1.165) is 11.1 Å². The van der Waals surface area contributed by atoms with E-state index >= 15 is 0 Å². The Morgan fingerprint density at radius 2 is 2.22 bits per heavy atom. The molecular weight excluding hydrogens is 246 g/mol. The summed E-state index contributed by atoms with van der Waals surface area (Å²) in [5, 5.41) is 7.95. The first-order valence-electron chi connectivity index (χ1n) is 5.40. The van der Waals surface area contributed by atoms with Crippen molar-refractivity contribution in [2.45, 2.75) is 6.54 Å². The average molecular weight is 259 g/mol. The lowest BCUT2D eigenvalue weighted by Gasteiger charge is -2.19. The second kappa shape index (κ2) is 5.50. The molecule has 2 heterocycles. The van der Waals surface area contributed by atoms with Gasteiger partial charge in [0.25, 0.3) is 0 Å². The van der Waals surface area contributed by atoms with Crippen LogP contribution in [0.1, 0.15) is 11.1 Å². The van der Waals surface area contributed by atoms with E-state index in [1.54, 1.807) is 18.5 Å². The Hall–Kier alpha value is -2.08. The summed E-state index contributed by atoms with van der Waals surface area (Å²) in [6, 6.07) is 5.67. The first-order valence-corrected chi connectivity index (χ1v) is 5.81. The molecule has 2 N–H and O–H groups in total. The maximum absolute atomic E-state index is 5.67. The van der Waals surface area contributed by atoms with Gasteiger partial charge in [-0.2, -0.15) is 5.10 Å². The van der Waals surface area contributed by atoms with Gasteiger partial charge in [-0.25, -0.2) is 0 Å². The molecule has 0 aliphatic heterocycles. The molecule has 2 aromatic rings. The van der Waals surface area contributed by atoms with Gasteiger partial charge in [0.05, 0.1) is 11.8 Å². The molecule has 0 radical (unpaired) electrons. The van der Waals surface area contributed by atoms with Crippen molar-refractivity contribution in [1.82, 2.24) is 15.2 Å². The second-order valence-electron chi connectivity index (χ2n) is 3.85. The summed E-state index contributed by atoms with van der Waals surface area (Å²) < 4.78 is 0. The van der Waals surface area contributed by atoms with Gasteiger partial charge in [0.15, 0.2) is 5.82 Å². The molecule has 0 atom stereocenters. The molecule has 0 bridgehead atoms. The molecule has 0 fully saturated rings. The van der Waals surface area contributed by atoms with E-state index in [0.29, 0.717) is 17.4 Å². The van der Waals surface area contributed by atoms with Crippen molar-refractivity contribution in [2.24, 2.45) is 5.73 Å². The summed E-state index contributed by atoms with van der Waals surface area (Å²) in [5.74, 6) is 0.675. The van der Waals surface area contributed by atoms with Gasteiger partial charge in [-0.3, -0.25) is 4.98 Å². The maximum Gasteiger partial charge on any atom is 0.161 e. The van der Waals surface area contributed by atoms with Crippen LogP contribution in [0.3, 0.4) is 0 Å². The highest BCUT2D eigenvalue weighted by molar-refractivity contribution is 7.80. The topological polar surface area (TPSA) is 67.9 Å². The van der Waals surface area contributed by atoms with Crippen LogP contribution in [0.15, 0.2) is 36.8 Å². The molecule has 2 rings (SSSR count). The predicted octanol–water partition coefficient (Wildman–Crippen LogP) is 1.14. The normalized spacial score (nSPS) is 10.1. The van der Waals surface area contributed by atoms with Crippen molar-refractivity contribution in [3.63, 3.8) is 0 Å². The SMILES string of the molecule is CN(Cc1cccnc1)c1nnccc1C(N)=S. The Kier molecular flexibility index (Phi) is 3.78. The molecule has 0 spiro atoms. The van der Waals surface area contributed by atoms with Gasteiger partial charge in [-0.15, -0.1) is 5.10 Å². The lowest BCUT2D eigenvalue weighted by molar-refractivity contribution is 0.860. The molecule has 0 aliphatic carbocycles. The van der Waals surface area contributed by atoms with E-state index in [4.69, 9.17) is 18.0 Å². The van der Waals surface area contributed by atoms with E-state index in [2.05, 4.69) is 15.2 Å². The third kappa shape index (κ3) is 2.78. The number of rotatable bonds is 4. The van der Waals surface area contributed by atoms with E-state index in [9.17, 15) is 0 Å². The van der Waals surface area contributed by atoms with Crippen LogP contribution in [0.5, 0.6) is 0 Å². The Morgan fingerprint density at radius 1 is 1.39 bits per heavy atom. The molecule has 18 heavy (non-hydrogen) atoms. The highest BCUT2D eigenvalue weighted by Crippen LogP contribution is 2.16. The fourth-order valence-electron chi connectivity index (χ4n) is 1.64. The zero-order valence-electron chi connectivity index (χ0n) is 9.95. The molecular formula is C12H13N5S. The molecule has 0 aliphatic rings. The minimum atomic E-state index is 0.318. The van der Waals surface area contributed by atoms with Crippen LogP contribution in [-0.4, -0.2) is 27.2 Å². The van der Waals surface area contributed by atoms with E-state index in [1.807, 2.05) is 30.3 Å². The number of nitrogens with two attached hydrogens (primary N) is 1. The first kappa shape index (κ1) is 12.4. The van der Waals surface area contributed by atoms with Crippen LogP contribution in [-0.2, 0) is 6.54 Å². The zero-order chi connectivity index (χ0) is 13.0. The Bertz CT molecular complexity index is 543. The summed E-state index contributed by atoms with van der Waals surface area (Å²) in [5.41, 5.74) is 7.48. The molecule has 0 saturated carbocycles. The quantitative estimate of drug-likeness (QED) is 0.831. The van der Waals surface area contributed by atoms with E-state index < -0.39 is 0 Å². The predicted molar refractivity (Wildman–Crippen MR) is 74.3 cm³/mol. The Morgan fingerprint density at radius 3 is 2.89 bits per heavy atom. The highest BCUT2D eigenvalue weighted by atomic mass is 32.1. The standard InChI is InChI=1S/C12H13N5S/c1-17(8-9-3-2-5-14-7-9)12-10(11(13)18)4-6-15-16-12/h2-7H,8H2,1H3,(H2,13,18). The molecule has 0 aromatic carbocycles. The van der Waals surface area contributed by atoms with Gasteiger partial charge in [0.1, 0.15) is 4.99 Å². The fourth-order valence-corrected chi connectivity index (χ4v) is 1.80. The summed E-state index contributed by atoms with van der Waals surface area (Å²) in [6.07, 6.45) is 5.13. The van der Waals surface area contributed by atoms with Gasteiger partial charge in [0.2, 0.25) is 0 Å². The molecule has 0 unspecified atom stereocenters. The number of nitrogens with zero attached hydrogens (tertiary/aromatic N) is 4. The zero-order valence-corrected chi connectivity index (χ0v) is 10.8. The molecule has 6 heteroatoms. The lowest BCUT2D eigenvalue weighted by atomic mass is 10.2. The monoisotopic (exact) mass is 259 g/mol. The van der Waals surface area contributed by atoms with E-state index in [1.165, 1.54) is 0 Å². The third-order valence-corrected chi connectivity index (χ3v) is 2.69. The fraction of sp³-hybridized carbons (Fsp3) is 0.167. The second-order valence-corrected chi connectivity index (χ2v) is 4.29. The summed E-state index contributed by atoms with van der Waals surface area (Å²) in [7, 11) is 1.92. The van der Waals surface area contributed by atoms with Crippen molar-refractivity contribution in [1.29, 1.82) is 0 Å². The highest BCUT2D eigenvalue weighted by Gasteiger charge is 2.11. The minimum Gasteiger partial charge on any atom is -0.389 e. The molecule has 5 nitrogen and oxygen atoms in total. The molecule has 0 saturated heterocycles. The van der Waals surface area contributed by atoms with Crippen molar-refractivity contribution >= 4 is 23.0 Å². The van der Waals surface area contributed by atoms with Crippen molar-refractivity contribution in [3.05, 3.63) is 47.9 Å². The number of thiocarbonyl (C=S) groups is 1. The van der Waals surface area contributed by atoms with Gasteiger partial charge >= 0.3 is 0 Å². The lowest BCUT2D eigenvalue weighted by Crippen LogP contribution is -2.23. The van der Waals surface area contributed by atoms with Crippen molar-refractivity contribution in [3.8, 4) is 0 Å². The number of pyridine rings is 1. The van der Waals surface area contributed by atoms with Crippen LogP contribution in [0, 0.1) is 0 Å². The number of hydrogen-bond acceptors (Lipinski definition) is 5. The Labute approximate surface area is 111 Å². The largest absolute Gasteiger partial charge is 0.389 e. The number of aromatic nitrogens is 3. The average Bonchev–Trinajstić information content (AvgIpc) is 2.40. The summed E-state index contributed by atoms with van der Waals surface area (Å²) >= 11 is 5.00. The molecule has 2 aromatic heterocycles. The van der Waals surface area contributed by atoms with Crippen LogP contribution < -0.4 is 10.6 Å². The van der Waals surface area contributed by atoms with Gasteiger partial charge in [-0.1, -0.05) is 18.3 Å².